The van der Waals surface area contributed by atoms with Crippen molar-refractivity contribution in [3.8, 4) is 0 Å². The quantitative estimate of drug-likeness (QED) is 0.540. The molecule has 15 heavy (non-hydrogen) atoms. The molecule has 80 valence electrons. The maximum absolute atomic E-state index is 10.5. The molecule has 1 saturated heterocycles. The molecule has 0 amide bonds. The molecule has 0 radical (unpaired) electrons. The Hall–Kier alpha value is -1.39. The molecule has 1 aromatic rings. The fourth-order valence-corrected chi connectivity index (χ4v) is 1.55. The minimum absolute atomic E-state index is 0.565. The van der Waals surface area contributed by atoms with Gasteiger partial charge in [-0.3, -0.25) is 4.79 Å². The summed E-state index contributed by atoms with van der Waals surface area (Å²) in [5, 5.41) is 0. The maximum Gasteiger partial charge on any atom is 0.150 e. The highest BCUT2D eigenvalue weighted by Crippen LogP contribution is 2.15. The number of anilines is 1. The maximum atomic E-state index is 10.5. The lowest BCUT2D eigenvalue weighted by Gasteiger charge is -2.20. The van der Waals surface area contributed by atoms with Crippen LogP contribution in [-0.4, -0.2) is 32.6 Å². The first kappa shape index (κ1) is 10.1. The number of carbonyl (C=O) groups is 1. The van der Waals surface area contributed by atoms with E-state index in [0.29, 0.717) is 18.8 Å². The molecule has 1 aromatic carbocycles. The van der Waals surface area contributed by atoms with Crippen LogP contribution in [0, 0.1) is 0 Å². The second kappa shape index (κ2) is 4.91. The van der Waals surface area contributed by atoms with Gasteiger partial charge in [0.05, 0.1) is 13.2 Å². The summed E-state index contributed by atoms with van der Waals surface area (Å²) in [6.07, 6.45) is 0.846. The number of carbonyl (C=O) groups excluding carboxylic acids is 1. The van der Waals surface area contributed by atoms with Gasteiger partial charge in [-0.15, -0.1) is 0 Å². The van der Waals surface area contributed by atoms with E-state index >= 15 is 0 Å². The van der Waals surface area contributed by atoms with Gasteiger partial charge in [0.2, 0.25) is 0 Å². The Morgan fingerprint density at radius 1 is 1.07 bits per heavy atom. The molecule has 0 bridgehead atoms. The van der Waals surface area contributed by atoms with Gasteiger partial charge in [-0.05, 0) is 24.3 Å². The Kier molecular flexibility index (Phi) is 3.32. The van der Waals surface area contributed by atoms with Crippen LogP contribution in [0.4, 0.5) is 5.69 Å². The fraction of sp³-hybridized carbons (Fsp3) is 0.364. The van der Waals surface area contributed by atoms with Crippen molar-refractivity contribution < 1.29 is 14.6 Å². The van der Waals surface area contributed by atoms with Crippen molar-refractivity contribution >= 4 is 12.0 Å². The van der Waals surface area contributed by atoms with E-state index in [1.165, 1.54) is 0 Å². The van der Waals surface area contributed by atoms with Crippen LogP contribution in [-0.2, 0) is 9.78 Å². The van der Waals surface area contributed by atoms with Gasteiger partial charge in [-0.25, -0.2) is 9.78 Å². The Labute approximate surface area is 88.3 Å². The molecule has 4 heteroatoms. The van der Waals surface area contributed by atoms with Crippen molar-refractivity contribution in [1.82, 2.24) is 0 Å². The van der Waals surface area contributed by atoms with Crippen LogP contribution in [0.1, 0.15) is 10.4 Å². The second-order valence-corrected chi connectivity index (χ2v) is 3.34. The van der Waals surface area contributed by atoms with Crippen LogP contribution >= 0.6 is 0 Å². The molecule has 0 aromatic heterocycles. The lowest BCUT2D eigenvalue weighted by molar-refractivity contribution is -0.284. The van der Waals surface area contributed by atoms with Crippen LogP contribution < -0.4 is 4.90 Å². The Morgan fingerprint density at radius 2 is 1.67 bits per heavy atom. The molecule has 1 heterocycles. The third-order valence-electron chi connectivity index (χ3n) is 2.37. The molecule has 0 N–H and O–H groups in total. The predicted molar refractivity (Wildman–Crippen MR) is 55.9 cm³/mol. The molecule has 1 aliphatic heterocycles. The first-order valence-corrected chi connectivity index (χ1v) is 4.95. The summed E-state index contributed by atoms with van der Waals surface area (Å²) < 4.78 is 0. The van der Waals surface area contributed by atoms with Gasteiger partial charge in [0, 0.05) is 24.3 Å². The third-order valence-corrected chi connectivity index (χ3v) is 2.37. The van der Waals surface area contributed by atoms with E-state index in [2.05, 4.69) is 4.90 Å². The number of hydrogen-bond donors (Lipinski definition) is 0. The van der Waals surface area contributed by atoms with Gasteiger partial charge in [-0.1, -0.05) is 0 Å². The van der Waals surface area contributed by atoms with E-state index in [0.717, 1.165) is 25.1 Å². The fourth-order valence-electron chi connectivity index (χ4n) is 1.55. The molecule has 2 rings (SSSR count). The Morgan fingerprint density at radius 3 is 2.20 bits per heavy atom. The van der Waals surface area contributed by atoms with Gasteiger partial charge in [0.15, 0.2) is 0 Å². The normalized spacial score (nSPS) is 17.2. The summed E-state index contributed by atoms with van der Waals surface area (Å²) in [4.78, 5) is 22.5. The predicted octanol–water partition coefficient (Wildman–Crippen LogP) is 1.27. The summed E-state index contributed by atoms with van der Waals surface area (Å²) in [7, 11) is 0. The van der Waals surface area contributed by atoms with Gasteiger partial charge in [-0.2, -0.15) is 0 Å². The van der Waals surface area contributed by atoms with Crippen LogP contribution in [0.25, 0.3) is 0 Å². The highest BCUT2D eigenvalue weighted by molar-refractivity contribution is 5.75. The van der Waals surface area contributed by atoms with Crippen molar-refractivity contribution in [3.05, 3.63) is 29.8 Å². The van der Waals surface area contributed by atoms with Crippen molar-refractivity contribution in [2.75, 3.05) is 31.2 Å². The summed E-state index contributed by atoms with van der Waals surface area (Å²) >= 11 is 0. The van der Waals surface area contributed by atoms with Crippen molar-refractivity contribution in [1.29, 1.82) is 0 Å². The zero-order chi connectivity index (χ0) is 10.5. The SMILES string of the molecule is O=Cc1ccc(N2CCOOCC2)cc1. The molecule has 0 unspecified atom stereocenters. The summed E-state index contributed by atoms with van der Waals surface area (Å²) in [5.41, 5.74) is 1.79. The van der Waals surface area contributed by atoms with Gasteiger partial charge in [0.25, 0.3) is 0 Å². The van der Waals surface area contributed by atoms with E-state index in [4.69, 9.17) is 9.78 Å². The minimum Gasteiger partial charge on any atom is -0.367 e. The molecule has 1 aliphatic rings. The van der Waals surface area contributed by atoms with Gasteiger partial charge in [0.1, 0.15) is 6.29 Å². The standard InChI is InChI=1S/C11H13NO3/c13-9-10-1-3-11(4-2-10)12-5-7-14-15-8-6-12/h1-4,9H,5-8H2. The third kappa shape index (κ3) is 2.55. The van der Waals surface area contributed by atoms with Crippen LogP contribution in [0.2, 0.25) is 0 Å². The van der Waals surface area contributed by atoms with Gasteiger partial charge >= 0.3 is 0 Å². The zero-order valence-corrected chi connectivity index (χ0v) is 8.39. The molecular formula is C11H13NO3. The smallest absolute Gasteiger partial charge is 0.150 e. The lowest BCUT2D eigenvalue weighted by atomic mass is 10.2. The number of nitrogens with zero attached hydrogens (tertiary/aromatic N) is 1. The largest absolute Gasteiger partial charge is 0.367 e. The topological polar surface area (TPSA) is 38.8 Å². The van der Waals surface area contributed by atoms with Crippen molar-refractivity contribution in [3.63, 3.8) is 0 Å². The lowest BCUT2D eigenvalue weighted by Crippen LogP contribution is -2.27. The van der Waals surface area contributed by atoms with Gasteiger partial charge < -0.3 is 4.90 Å². The number of benzene rings is 1. The molecular weight excluding hydrogens is 194 g/mol. The van der Waals surface area contributed by atoms with E-state index in [-0.39, 0.29) is 0 Å². The second-order valence-electron chi connectivity index (χ2n) is 3.34. The summed E-state index contributed by atoms with van der Waals surface area (Å²) in [5.74, 6) is 0. The molecule has 0 aliphatic carbocycles. The first-order chi connectivity index (χ1) is 7.40. The highest BCUT2D eigenvalue weighted by Gasteiger charge is 2.10. The van der Waals surface area contributed by atoms with E-state index in [1.54, 1.807) is 0 Å². The number of aldehydes is 1. The van der Waals surface area contributed by atoms with Crippen LogP contribution in [0.3, 0.4) is 0 Å². The molecule has 4 nitrogen and oxygen atoms in total. The average molecular weight is 207 g/mol. The number of hydrogen-bond acceptors (Lipinski definition) is 4. The Balaban J connectivity index is 2.09. The van der Waals surface area contributed by atoms with Crippen LogP contribution in [0.15, 0.2) is 24.3 Å². The van der Waals surface area contributed by atoms with Crippen LogP contribution in [0.5, 0.6) is 0 Å². The molecule has 0 atom stereocenters. The summed E-state index contributed by atoms with van der Waals surface area (Å²) in [6.45, 7) is 2.74. The van der Waals surface area contributed by atoms with E-state index < -0.39 is 0 Å². The number of rotatable bonds is 2. The average Bonchev–Trinajstić information content (AvgIpc) is 2.58. The Bertz CT molecular complexity index is 315. The van der Waals surface area contributed by atoms with Crippen molar-refractivity contribution in [2.24, 2.45) is 0 Å². The van der Waals surface area contributed by atoms with E-state index in [1.807, 2.05) is 24.3 Å². The highest BCUT2D eigenvalue weighted by atomic mass is 17.2. The zero-order valence-electron chi connectivity index (χ0n) is 8.39. The first-order valence-electron chi connectivity index (χ1n) is 4.95. The monoisotopic (exact) mass is 207 g/mol. The van der Waals surface area contributed by atoms with E-state index in [9.17, 15) is 4.79 Å². The summed E-state index contributed by atoms with van der Waals surface area (Å²) in [6, 6.07) is 7.51. The molecule has 0 spiro atoms. The molecule has 0 saturated carbocycles. The van der Waals surface area contributed by atoms with Crippen molar-refractivity contribution in [2.45, 2.75) is 0 Å². The minimum atomic E-state index is 0.565. The molecule has 1 fully saturated rings.